The molecule has 12 heteroatoms. The van der Waals surface area contributed by atoms with Crippen molar-refractivity contribution in [2.45, 2.75) is 59.5 Å². The molecule has 0 bridgehead atoms. The van der Waals surface area contributed by atoms with Crippen molar-refractivity contribution in [3.63, 3.8) is 0 Å². The van der Waals surface area contributed by atoms with Crippen LogP contribution >= 0.6 is 0 Å². The highest BCUT2D eigenvalue weighted by atomic mass is 16.5. The van der Waals surface area contributed by atoms with E-state index in [-0.39, 0.29) is 23.4 Å². The zero-order chi connectivity index (χ0) is 41.9. The van der Waals surface area contributed by atoms with Crippen LogP contribution in [0.25, 0.3) is 0 Å². The lowest BCUT2D eigenvalue weighted by molar-refractivity contribution is -0.143. The van der Waals surface area contributed by atoms with Crippen LogP contribution < -0.4 is 16.0 Å². The number of amides is 3. The van der Waals surface area contributed by atoms with Crippen molar-refractivity contribution in [3.05, 3.63) is 155 Å². The third kappa shape index (κ3) is 19.0. The number of nitrogens with one attached hydrogen (secondary N) is 3. The highest BCUT2D eigenvalue weighted by Gasteiger charge is 2.22. The molecule has 3 N–H and O–H groups in total. The Morgan fingerprint density at radius 2 is 0.964 bits per heavy atom. The average molecular weight is 768 g/mol. The smallest absolute Gasteiger partial charge is 0.354 e. The van der Waals surface area contributed by atoms with Crippen LogP contribution in [-0.4, -0.2) is 69.0 Å². The van der Waals surface area contributed by atoms with Crippen LogP contribution in [0.3, 0.4) is 0 Å². The van der Waals surface area contributed by atoms with Gasteiger partial charge >= 0.3 is 17.9 Å². The quantitative estimate of drug-likeness (QED) is 0.0534. The number of allylic oxidation sites excluding steroid dienone is 5. The van der Waals surface area contributed by atoms with E-state index in [0.29, 0.717) is 29.5 Å². The Hall–Kier alpha value is -6.56. The molecular formula is C44H53N3O9. The molecule has 298 valence electrons. The minimum absolute atomic E-state index is 0.109. The number of hydrogen-bond donors (Lipinski definition) is 3. The number of rotatable bonds is 14. The molecule has 0 unspecified atom stereocenters. The fraction of sp³-hybridized carbons (Fsp3) is 0.273. The molecule has 0 saturated carbocycles. The minimum Gasteiger partial charge on any atom is -0.467 e. The van der Waals surface area contributed by atoms with Gasteiger partial charge in [-0.05, 0) is 89.9 Å². The molecule has 0 fully saturated rings. The van der Waals surface area contributed by atoms with Gasteiger partial charge in [-0.1, -0.05) is 90.0 Å². The SMILES string of the molecule is CC=CC[C@H](NC(=O)c1ccccc1)C(=O)OC.COC(=O)/C(=C/C=C(C)C)NC(=O)c1ccccc1.COC(=O)[C@H](CC=C(C)C)NC(=O)c1ccccc1. The number of carbonyl (C=O) groups excluding carboxylic acids is 6. The number of hydrogen-bond acceptors (Lipinski definition) is 9. The monoisotopic (exact) mass is 767 g/mol. The molecule has 0 saturated heterocycles. The largest absolute Gasteiger partial charge is 0.467 e. The van der Waals surface area contributed by atoms with E-state index in [0.717, 1.165) is 11.1 Å². The summed E-state index contributed by atoms with van der Waals surface area (Å²) in [6.45, 7) is 9.52. The Balaban J connectivity index is 0.000000420. The molecule has 0 aliphatic heterocycles. The highest BCUT2D eigenvalue weighted by Crippen LogP contribution is 2.06. The van der Waals surface area contributed by atoms with Gasteiger partial charge in [0.2, 0.25) is 0 Å². The second-order valence-electron chi connectivity index (χ2n) is 12.3. The lowest BCUT2D eigenvalue weighted by atomic mass is 10.1. The molecule has 0 heterocycles. The molecule has 56 heavy (non-hydrogen) atoms. The minimum atomic E-state index is -0.660. The van der Waals surface area contributed by atoms with Gasteiger partial charge in [0.15, 0.2) is 0 Å². The van der Waals surface area contributed by atoms with Crippen molar-refractivity contribution in [2.75, 3.05) is 21.3 Å². The Morgan fingerprint density at radius 3 is 1.32 bits per heavy atom. The van der Waals surface area contributed by atoms with E-state index in [2.05, 4.69) is 25.4 Å². The van der Waals surface area contributed by atoms with Crippen molar-refractivity contribution in [3.8, 4) is 0 Å². The second kappa shape index (κ2) is 27.1. The van der Waals surface area contributed by atoms with Crippen LogP contribution in [0.4, 0.5) is 0 Å². The molecule has 0 radical (unpaired) electrons. The Bertz CT molecular complexity index is 1830. The molecule has 3 aromatic carbocycles. The molecule has 0 aliphatic rings. The number of methoxy groups -OCH3 is 3. The molecule has 3 rings (SSSR count). The van der Waals surface area contributed by atoms with Crippen LogP contribution in [0.5, 0.6) is 0 Å². The first-order valence-corrected chi connectivity index (χ1v) is 17.7. The van der Waals surface area contributed by atoms with E-state index in [1.807, 2.05) is 71.0 Å². The summed E-state index contributed by atoms with van der Waals surface area (Å²) < 4.78 is 14.0. The van der Waals surface area contributed by atoms with Crippen LogP contribution in [0, 0.1) is 0 Å². The van der Waals surface area contributed by atoms with Gasteiger partial charge < -0.3 is 30.2 Å². The van der Waals surface area contributed by atoms with Crippen LogP contribution in [-0.2, 0) is 28.6 Å². The van der Waals surface area contributed by atoms with Gasteiger partial charge in [0.1, 0.15) is 17.8 Å². The topological polar surface area (TPSA) is 166 Å². The summed E-state index contributed by atoms with van der Waals surface area (Å²) in [5.41, 5.74) is 3.73. The van der Waals surface area contributed by atoms with E-state index in [1.54, 1.807) is 78.9 Å². The predicted octanol–water partition coefficient (Wildman–Crippen LogP) is 6.68. The van der Waals surface area contributed by atoms with Gasteiger partial charge in [0.05, 0.1) is 21.3 Å². The zero-order valence-electron chi connectivity index (χ0n) is 33.3. The number of benzene rings is 3. The predicted molar refractivity (Wildman–Crippen MR) is 216 cm³/mol. The van der Waals surface area contributed by atoms with Gasteiger partial charge in [-0.3, -0.25) is 14.4 Å². The van der Waals surface area contributed by atoms with E-state index in [1.165, 1.54) is 27.4 Å². The van der Waals surface area contributed by atoms with Gasteiger partial charge in [0, 0.05) is 16.7 Å². The summed E-state index contributed by atoms with van der Waals surface area (Å²) in [5.74, 6) is -2.38. The summed E-state index contributed by atoms with van der Waals surface area (Å²) in [6, 6.07) is 24.9. The number of ether oxygens (including phenoxy) is 3. The van der Waals surface area contributed by atoms with Crippen LogP contribution in [0.15, 0.2) is 138 Å². The summed E-state index contributed by atoms with van der Waals surface area (Å²) in [5, 5.41) is 7.88. The van der Waals surface area contributed by atoms with E-state index in [9.17, 15) is 28.8 Å². The normalized spacial score (nSPS) is 11.3. The first-order chi connectivity index (χ1) is 26.8. The lowest BCUT2D eigenvalue weighted by Crippen LogP contribution is -2.41. The van der Waals surface area contributed by atoms with Crippen molar-refractivity contribution < 1.29 is 43.0 Å². The summed E-state index contributed by atoms with van der Waals surface area (Å²) in [6.07, 6.45) is 9.64. The van der Waals surface area contributed by atoms with Crippen LogP contribution in [0.2, 0.25) is 0 Å². The van der Waals surface area contributed by atoms with Crippen molar-refractivity contribution in [1.29, 1.82) is 0 Å². The summed E-state index contributed by atoms with van der Waals surface area (Å²) in [7, 11) is 3.89. The fourth-order valence-electron chi connectivity index (χ4n) is 4.31. The average Bonchev–Trinajstić information content (AvgIpc) is 3.22. The van der Waals surface area contributed by atoms with Crippen LogP contribution in [0.1, 0.15) is 78.5 Å². The Labute approximate surface area is 329 Å². The fourth-order valence-corrected chi connectivity index (χ4v) is 4.31. The van der Waals surface area contributed by atoms with E-state index < -0.39 is 30.0 Å². The van der Waals surface area contributed by atoms with Gasteiger partial charge in [-0.25, -0.2) is 14.4 Å². The highest BCUT2D eigenvalue weighted by molar-refractivity contribution is 6.01. The molecule has 12 nitrogen and oxygen atoms in total. The van der Waals surface area contributed by atoms with Gasteiger partial charge in [-0.2, -0.15) is 0 Å². The number of carbonyl (C=O) groups is 6. The van der Waals surface area contributed by atoms with Crippen molar-refractivity contribution >= 4 is 35.6 Å². The molecule has 0 spiro atoms. The maximum Gasteiger partial charge on any atom is 0.354 e. The Kier molecular flexibility index (Phi) is 23.0. The van der Waals surface area contributed by atoms with Crippen molar-refractivity contribution in [1.82, 2.24) is 16.0 Å². The van der Waals surface area contributed by atoms with E-state index in [4.69, 9.17) is 4.74 Å². The maximum absolute atomic E-state index is 12.0. The van der Waals surface area contributed by atoms with Gasteiger partial charge in [-0.15, -0.1) is 0 Å². The van der Waals surface area contributed by atoms with E-state index >= 15 is 0 Å². The van der Waals surface area contributed by atoms with Gasteiger partial charge in [0.25, 0.3) is 17.7 Å². The third-order valence-electron chi connectivity index (χ3n) is 7.30. The molecule has 0 aromatic heterocycles. The maximum atomic E-state index is 12.0. The third-order valence-corrected chi connectivity index (χ3v) is 7.30. The molecule has 2 atom stereocenters. The molecular weight excluding hydrogens is 714 g/mol. The van der Waals surface area contributed by atoms with Crippen molar-refractivity contribution in [2.24, 2.45) is 0 Å². The number of esters is 3. The summed E-state index contributed by atoms with van der Waals surface area (Å²) >= 11 is 0. The molecule has 3 aromatic rings. The standard InChI is InChI=1S/C15H19NO3.C15H17NO3.C14H17NO3/c2*1-11(2)9-10-13(15(18)19-3)16-14(17)12-7-5-4-6-8-12;1-3-4-10-12(14(17)18-2)15-13(16)11-8-6-5-7-9-11/h4-9,13H,10H2,1-3H3,(H,16,17);4-10H,1-3H3,(H,16,17);3-9,12H,10H2,1-2H3,(H,15,16)/b;13-10-;/t13-;;12-/m0.0/s1. The Morgan fingerprint density at radius 1 is 0.554 bits per heavy atom. The summed E-state index contributed by atoms with van der Waals surface area (Å²) in [4.78, 5) is 70.5. The molecule has 3 amide bonds. The first-order valence-electron chi connectivity index (χ1n) is 17.7. The lowest BCUT2D eigenvalue weighted by Gasteiger charge is -2.15. The zero-order valence-corrected chi connectivity index (χ0v) is 33.3. The second-order valence-corrected chi connectivity index (χ2v) is 12.3. The molecule has 0 aliphatic carbocycles. The first kappa shape index (κ1) is 47.5.